The third-order valence-electron chi connectivity index (χ3n) is 5.12. The summed E-state index contributed by atoms with van der Waals surface area (Å²) in [6.45, 7) is 4.85. The lowest BCUT2D eigenvalue weighted by Crippen LogP contribution is -2.39. The molecular weight excluding hydrogens is 332 g/mol. The quantitative estimate of drug-likeness (QED) is 0.835. The van der Waals surface area contributed by atoms with Crippen LogP contribution in [0.1, 0.15) is 25.7 Å². The van der Waals surface area contributed by atoms with Crippen LogP contribution < -0.4 is 15.5 Å². The number of aromatic nitrogens is 2. The van der Waals surface area contributed by atoms with E-state index in [0.717, 1.165) is 51.3 Å². The van der Waals surface area contributed by atoms with Crippen molar-refractivity contribution in [3.63, 3.8) is 0 Å². The predicted molar refractivity (Wildman–Crippen MR) is 102 cm³/mol. The van der Waals surface area contributed by atoms with Crippen molar-refractivity contribution in [1.82, 2.24) is 14.9 Å². The fourth-order valence-electron chi connectivity index (χ4n) is 3.57. The first-order valence-electron chi connectivity index (χ1n) is 9.45. The van der Waals surface area contributed by atoms with Gasteiger partial charge in [0, 0.05) is 52.8 Å². The van der Waals surface area contributed by atoms with Gasteiger partial charge in [0.2, 0.25) is 11.9 Å². The standard InChI is InChI=1S/C18H30N6O2/c1-22(2)17(25)6-5-14-4-3-7-24(13-14)16-12-15(19)20-18(21-16)23-8-10-26-11-9-23/h12,14H,3-11,13H2,1-2H3,(H2,19,20,21)/t14-/m1/s1. The first-order valence-corrected chi connectivity index (χ1v) is 9.45. The maximum atomic E-state index is 11.9. The molecule has 1 aromatic heterocycles. The van der Waals surface area contributed by atoms with Gasteiger partial charge in [-0.1, -0.05) is 0 Å². The Hall–Kier alpha value is -2.09. The number of amides is 1. The highest BCUT2D eigenvalue weighted by molar-refractivity contribution is 5.75. The zero-order valence-corrected chi connectivity index (χ0v) is 15.9. The molecule has 2 aliphatic heterocycles. The predicted octanol–water partition coefficient (Wildman–Crippen LogP) is 0.980. The van der Waals surface area contributed by atoms with Gasteiger partial charge < -0.3 is 25.2 Å². The first kappa shape index (κ1) is 18.7. The summed E-state index contributed by atoms with van der Waals surface area (Å²) in [7, 11) is 3.62. The molecule has 8 nitrogen and oxygen atoms in total. The second kappa shape index (κ2) is 8.53. The van der Waals surface area contributed by atoms with Crippen molar-refractivity contribution in [2.75, 3.05) is 69.0 Å². The molecule has 8 heteroatoms. The Kier molecular flexibility index (Phi) is 6.13. The van der Waals surface area contributed by atoms with E-state index in [1.807, 2.05) is 20.2 Å². The molecular formula is C18H30N6O2. The number of ether oxygens (including phenoxy) is 1. The lowest BCUT2D eigenvalue weighted by atomic mass is 9.93. The van der Waals surface area contributed by atoms with Crippen molar-refractivity contribution in [3.8, 4) is 0 Å². The molecule has 0 unspecified atom stereocenters. The normalized spacial score (nSPS) is 20.9. The van der Waals surface area contributed by atoms with Gasteiger partial charge in [0.1, 0.15) is 11.6 Å². The summed E-state index contributed by atoms with van der Waals surface area (Å²) in [6, 6.07) is 1.86. The number of piperidine rings is 1. The highest BCUT2D eigenvalue weighted by Crippen LogP contribution is 2.27. The molecule has 1 amide bonds. The van der Waals surface area contributed by atoms with Gasteiger partial charge >= 0.3 is 0 Å². The summed E-state index contributed by atoms with van der Waals surface area (Å²) in [4.78, 5) is 27.1. The Morgan fingerprint density at radius 3 is 2.77 bits per heavy atom. The average Bonchev–Trinajstić information content (AvgIpc) is 2.66. The van der Waals surface area contributed by atoms with Crippen molar-refractivity contribution in [3.05, 3.63) is 6.07 Å². The van der Waals surface area contributed by atoms with Crippen LogP contribution >= 0.6 is 0 Å². The molecule has 2 aliphatic rings. The van der Waals surface area contributed by atoms with Crippen LogP contribution in [0.4, 0.5) is 17.6 Å². The molecule has 26 heavy (non-hydrogen) atoms. The Labute approximate surface area is 155 Å². The molecule has 1 aromatic rings. The van der Waals surface area contributed by atoms with Crippen molar-refractivity contribution in [1.29, 1.82) is 0 Å². The fraction of sp³-hybridized carbons (Fsp3) is 0.722. The fourth-order valence-corrected chi connectivity index (χ4v) is 3.57. The van der Waals surface area contributed by atoms with Crippen molar-refractivity contribution in [2.24, 2.45) is 5.92 Å². The summed E-state index contributed by atoms with van der Waals surface area (Å²) in [6.07, 6.45) is 3.80. The van der Waals surface area contributed by atoms with Gasteiger partial charge in [-0.05, 0) is 25.2 Å². The zero-order valence-electron chi connectivity index (χ0n) is 15.9. The number of nitrogens with zero attached hydrogens (tertiary/aromatic N) is 5. The van der Waals surface area contributed by atoms with E-state index in [-0.39, 0.29) is 5.91 Å². The number of carbonyl (C=O) groups excluding carboxylic acids is 1. The molecule has 0 saturated carbocycles. The second-order valence-corrected chi connectivity index (χ2v) is 7.33. The Balaban J connectivity index is 1.65. The molecule has 3 heterocycles. The van der Waals surface area contributed by atoms with Crippen LogP contribution in [0.3, 0.4) is 0 Å². The SMILES string of the molecule is CN(C)C(=O)CC[C@H]1CCCN(c2cc(N)nc(N3CCOCC3)n2)C1. The third kappa shape index (κ3) is 4.75. The van der Waals surface area contributed by atoms with Crippen molar-refractivity contribution >= 4 is 23.5 Å². The summed E-state index contributed by atoms with van der Waals surface area (Å²) in [5, 5.41) is 0. The van der Waals surface area contributed by atoms with E-state index in [9.17, 15) is 4.79 Å². The summed E-state index contributed by atoms with van der Waals surface area (Å²) in [5.74, 6) is 2.79. The summed E-state index contributed by atoms with van der Waals surface area (Å²) >= 11 is 0. The summed E-state index contributed by atoms with van der Waals surface area (Å²) in [5.41, 5.74) is 6.05. The smallest absolute Gasteiger partial charge is 0.229 e. The van der Waals surface area contributed by atoms with Gasteiger partial charge in [0.05, 0.1) is 13.2 Å². The molecule has 1 atom stereocenters. The average molecular weight is 362 g/mol. The number of nitrogen functional groups attached to an aromatic ring is 1. The monoisotopic (exact) mass is 362 g/mol. The first-order chi connectivity index (χ1) is 12.5. The Bertz CT molecular complexity index is 618. The van der Waals surface area contributed by atoms with E-state index in [0.29, 0.717) is 37.3 Å². The van der Waals surface area contributed by atoms with Gasteiger partial charge in [-0.15, -0.1) is 0 Å². The van der Waals surface area contributed by atoms with Gasteiger partial charge in [0.25, 0.3) is 0 Å². The maximum absolute atomic E-state index is 11.9. The van der Waals surface area contributed by atoms with Crippen molar-refractivity contribution < 1.29 is 9.53 Å². The summed E-state index contributed by atoms with van der Waals surface area (Å²) < 4.78 is 5.41. The maximum Gasteiger partial charge on any atom is 0.229 e. The minimum absolute atomic E-state index is 0.197. The Morgan fingerprint density at radius 2 is 2.04 bits per heavy atom. The molecule has 2 N–H and O–H groups in total. The van der Waals surface area contributed by atoms with Crippen LogP contribution in [0.15, 0.2) is 6.07 Å². The van der Waals surface area contributed by atoms with Crippen molar-refractivity contribution in [2.45, 2.75) is 25.7 Å². The molecule has 0 aliphatic carbocycles. The molecule has 0 bridgehead atoms. The minimum Gasteiger partial charge on any atom is -0.383 e. The molecule has 2 saturated heterocycles. The van der Waals surface area contributed by atoms with Crippen LogP contribution in [0.2, 0.25) is 0 Å². The number of hydrogen-bond donors (Lipinski definition) is 1. The molecule has 0 radical (unpaired) electrons. The van der Waals surface area contributed by atoms with Crippen LogP contribution in [-0.2, 0) is 9.53 Å². The van der Waals surface area contributed by atoms with E-state index >= 15 is 0 Å². The van der Waals surface area contributed by atoms with E-state index in [4.69, 9.17) is 15.5 Å². The number of carbonyl (C=O) groups is 1. The lowest BCUT2D eigenvalue weighted by molar-refractivity contribution is -0.129. The van der Waals surface area contributed by atoms with Gasteiger partial charge in [-0.3, -0.25) is 4.79 Å². The molecule has 0 aromatic carbocycles. The van der Waals surface area contributed by atoms with Crippen LogP contribution in [0.25, 0.3) is 0 Å². The largest absolute Gasteiger partial charge is 0.383 e. The van der Waals surface area contributed by atoms with E-state index in [1.165, 1.54) is 0 Å². The highest BCUT2D eigenvalue weighted by Gasteiger charge is 2.24. The lowest BCUT2D eigenvalue weighted by Gasteiger charge is -2.34. The van der Waals surface area contributed by atoms with E-state index < -0.39 is 0 Å². The Morgan fingerprint density at radius 1 is 1.27 bits per heavy atom. The van der Waals surface area contributed by atoms with Gasteiger partial charge in [-0.25, -0.2) is 0 Å². The second-order valence-electron chi connectivity index (χ2n) is 7.33. The highest BCUT2D eigenvalue weighted by atomic mass is 16.5. The van der Waals surface area contributed by atoms with Crippen LogP contribution in [0, 0.1) is 5.92 Å². The van der Waals surface area contributed by atoms with Crippen LogP contribution in [-0.4, -0.2) is 74.3 Å². The number of rotatable bonds is 5. The third-order valence-corrected chi connectivity index (χ3v) is 5.12. The van der Waals surface area contributed by atoms with Crippen LogP contribution in [0.5, 0.6) is 0 Å². The molecule has 0 spiro atoms. The zero-order chi connectivity index (χ0) is 18.5. The van der Waals surface area contributed by atoms with E-state index in [2.05, 4.69) is 14.8 Å². The molecule has 2 fully saturated rings. The number of nitrogens with two attached hydrogens (primary N) is 1. The number of hydrogen-bond acceptors (Lipinski definition) is 7. The molecule has 144 valence electrons. The number of morpholine rings is 1. The van der Waals surface area contributed by atoms with E-state index in [1.54, 1.807) is 4.90 Å². The number of anilines is 3. The van der Waals surface area contributed by atoms with Gasteiger partial charge in [-0.2, -0.15) is 9.97 Å². The minimum atomic E-state index is 0.197. The topological polar surface area (TPSA) is 87.8 Å². The molecule has 3 rings (SSSR count). The van der Waals surface area contributed by atoms with Gasteiger partial charge in [0.15, 0.2) is 0 Å².